The van der Waals surface area contributed by atoms with Gasteiger partial charge in [0.15, 0.2) is 0 Å². The van der Waals surface area contributed by atoms with E-state index in [-0.39, 0.29) is 17.1 Å². The van der Waals surface area contributed by atoms with E-state index < -0.39 is 0 Å². The highest BCUT2D eigenvalue weighted by Crippen LogP contribution is 2.29. The summed E-state index contributed by atoms with van der Waals surface area (Å²) in [5.41, 5.74) is 2.15. The minimum atomic E-state index is -0.369. The quantitative estimate of drug-likeness (QED) is 0.408. The van der Waals surface area contributed by atoms with Crippen molar-refractivity contribution in [1.82, 2.24) is 0 Å². The standard InChI is InChI=1S/C23H20Cl2N2O2S/c1-15(23(29)27-21-11-10-17(24)13-20(21)25)30-19-9-5-8-18(14-19)26-22(28)12-16-6-3-2-4-7-16/h2-11,13-15H,12H2,1H3,(H,26,28)(H,27,29). The molecule has 1 atom stereocenters. The van der Waals surface area contributed by atoms with E-state index in [4.69, 9.17) is 23.2 Å². The van der Waals surface area contributed by atoms with Gasteiger partial charge in [-0.1, -0.05) is 59.6 Å². The molecule has 0 aliphatic rings. The van der Waals surface area contributed by atoms with E-state index in [1.54, 1.807) is 18.2 Å². The van der Waals surface area contributed by atoms with Gasteiger partial charge in [0, 0.05) is 15.6 Å². The van der Waals surface area contributed by atoms with Gasteiger partial charge < -0.3 is 10.6 Å². The van der Waals surface area contributed by atoms with E-state index in [0.29, 0.717) is 27.8 Å². The first-order chi connectivity index (χ1) is 14.4. The maximum absolute atomic E-state index is 12.5. The first-order valence-corrected chi connectivity index (χ1v) is 10.9. The van der Waals surface area contributed by atoms with Crippen molar-refractivity contribution in [2.24, 2.45) is 0 Å². The summed E-state index contributed by atoms with van der Waals surface area (Å²) in [4.78, 5) is 25.7. The molecule has 3 aromatic rings. The zero-order chi connectivity index (χ0) is 21.5. The Morgan fingerprint density at radius 2 is 1.70 bits per heavy atom. The van der Waals surface area contributed by atoms with Crippen LogP contribution in [-0.2, 0) is 16.0 Å². The third kappa shape index (κ3) is 6.52. The van der Waals surface area contributed by atoms with Gasteiger partial charge >= 0.3 is 0 Å². The summed E-state index contributed by atoms with van der Waals surface area (Å²) >= 11 is 13.4. The van der Waals surface area contributed by atoms with Crippen molar-refractivity contribution in [3.63, 3.8) is 0 Å². The summed E-state index contributed by atoms with van der Waals surface area (Å²) in [6.45, 7) is 1.81. The topological polar surface area (TPSA) is 58.2 Å². The first kappa shape index (κ1) is 22.2. The van der Waals surface area contributed by atoms with Gasteiger partial charge in [0.2, 0.25) is 11.8 Å². The Kier molecular flexibility index (Phi) is 7.80. The second-order valence-electron chi connectivity index (χ2n) is 6.61. The Balaban J connectivity index is 1.58. The number of carbonyl (C=O) groups excluding carboxylic acids is 2. The van der Waals surface area contributed by atoms with Gasteiger partial charge in [-0.25, -0.2) is 0 Å². The summed E-state index contributed by atoms with van der Waals surface area (Å²) < 4.78 is 0. The molecule has 4 nitrogen and oxygen atoms in total. The summed E-state index contributed by atoms with van der Waals surface area (Å²) in [5.74, 6) is -0.269. The highest BCUT2D eigenvalue weighted by Gasteiger charge is 2.16. The van der Waals surface area contributed by atoms with Gasteiger partial charge in [-0.2, -0.15) is 0 Å². The van der Waals surface area contributed by atoms with Crippen molar-refractivity contribution in [3.05, 3.63) is 88.4 Å². The van der Waals surface area contributed by atoms with Crippen LogP contribution in [0.2, 0.25) is 10.0 Å². The van der Waals surface area contributed by atoms with E-state index in [9.17, 15) is 9.59 Å². The monoisotopic (exact) mass is 458 g/mol. The molecule has 1 unspecified atom stereocenters. The van der Waals surface area contributed by atoms with Crippen molar-refractivity contribution < 1.29 is 9.59 Å². The van der Waals surface area contributed by atoms with Crippen LogP contribution in [0.25, 0.3) is 0 Å². The molecule has 2 amide bonds. The van der Waals surface area contributed by atoms with E-state index in [1.807, 2.05) is 61.5 Å². The number of amides is 2. The Labute approximate surface area is 190 Å². The molecule has 2 N–H and O–H groups in total. The van der Waals surface area contributed by atoms with Crippen LogP contribution in [0.15, 0.2) is 77.7 Å². The Bertz CT molecular complexity index is 1040. The van der Waals surface area contributed by atoms with Crippen molar-refractivity contribution in [1.29, 1.82) is 0 Å². The van der Waals surface area contributed by atoms with Crippen LogP contribution in [0, 0.1) is 0 Å². The molecule has 0 aromatic heterocycles. The lowest BCUT2D eigenvalue weighted by molar-refractivity contribution is -0.116. The van der Waals surface area contributed by atoms with Crippen molar-refractivity contribution in [2.75, 3.05) is 10.6 Å². The molecule has 0 aliphatic carbocycles. The summed E-state index contributed by atoms with van der Waals surface area (Å²) in [7, 11) is 0. The van der Waals surface area contributed by atoms with Crippen LogP contribution in [0.1, 0.15) is 12.5 Å². The number of anilines is 2. The van der Waals surface area contributed by atoms with Gasteiger partial charge in [-0.3, -0.25) is 9.59 Å². The fraction of sp³-hybridized carbons (Fsp3) is 0.130. The average molecular weight is 459 g/mol. The van der Waals surface area contributed by atoms with Crippen molar-refractivity contribution in [3.8, 4) is 0 Å². The number of hydrogen-bond donors (Lipinski definition) is 2. The smallest absolute Gasteiger partial charge is 0.237 e. The molecule has 0 aliphatic heterocycles. The molecule has 154 valence electrons. The number of hydrogen-bond acceptors (Lipinski definition) is 3. The van der Waals surface area contributed by atoms with Gasteiger partial charge in [0.25, 0.3) is 0 Å². The molecule has 0 saturated carbocycles. The largest absolute Gasteiger partial charge is 0.326 e. The summed E-state index contributed by atoms with van der Waals surface area (Å²) in [6, 6.07) is 21.9. The number of carbonyl (C=O) groups is 2. The van der Waals surface area contributed by atoms with Crippen LogP contribution < -0.4 is 10.6 Å². The van der Waals surface area contributed by atoms with E-state index in [2.05, 4.69) is 10.6 Å². The highest BCUT2D eigenvalue weighted by molar-refractivity contribution is 8.00. The van der Waals surface area contributed by atoms with Crippen LogP contribution in [-0.4, -0.2) is 17.1 Å². The van der Waals surface area contributed by atoms with E-state index in [1.165, 1.54) is 11.8 Å². The number of nitrogens with one attached hydrogen (secondary N) is 2. The maximum Gasteiger partial charge on any atom is 0.237 e. The molecule has 0 fully saturated rings. The van der Waals surface area contributed by atoms with Crippen molar-refractivity contribution in [2.45, 2.75) is 23.5 Å². The van der Waals surface area contributed by atoms with E-state index >= 15 is 0 Å². The third-order valence-electron chi connectivity index (χ3n) is 4.20. The molecule has 0 bridgehead atoms. The molecular formula is C23H20Cl2N2O2S. The second kappa shape index (κ2) is 10.5. The number of benzene rings is 3. The average Bonchev–Trinajstić information content (AvgIpc) is 2.71. The van der Waals surface area contributed by atoms with Gasteiger partial charge in [-0.15, -0.1) is 11.8 Å². The molecule has 30 heavy (non-hydrogen) atoms. The Morgan fingerprint density at radius 3 is 2.43 bits per heavy atom. The number of halogens is 2. The predicted octanol–water partition coefficient (Wildman–Crippen LogP) is 6.29. The normalized spacial score (nSPS) is 11.6. The summed E-state index contributed by atoms with van der Waals surface area (Å²) in [5, 5.41) is 6.24. The van der Waals surface area contributed by atoms with Crippen LogP contribution >= 0.6 is 35.0 Å². The fourth-order valence-corrected chi connectivity index (χ4v) is 4.10. The Hall–Kier alpha value is -2.47. The summed E-state index contributed by atoms with van der Waals surface area (Å²) in [6.07, 6.45) is 0.304. The number of rotatable bonds is 7. The second-order valence-corrected chi connectivity index (χ2v) is 8.87. The molecular weight excluding hydrogens is 439 g/mol. The van der Waals surface area contributed by atoms with Crippen LogP contribution in [0.3, 0.4) is 0 Å². The number of thioether (sulfide) groups is 1. The zero-order valence-corrected chi connectivity index (χ0v) is 18.5. The lowest BCUT2D eigenvalue weighted by Gasteiger charge is -2.14. The van der Waals surface area contributed by atoms with Crippen LogP contribution in [0.5, 0.6) is 0 Å². The maximum atomic E-state index is 12.5. The van der Waals surface area contributed by atoms with Gasteiger partial charge in [-0.05, 0) is 48.9 Å². The molecule has 0 saturated heterocycles. The first-order valence-electron chi connectivity index (χ1n) is 9.27. The van der Waals surface area contributed by atoms with E-state index in [0.717, 1.165) is 10.5 Å². The van der Waals surface area contributed by atoms with Crippen LogP contribution in [0.4, 0.5) is 11.4 Å². The minimum Gasteiger partial charge on any atom is -0.326 e. The SMILES string of the molecule is CC(Sc1cccc(NC(=O)Cc2ccccc2)c1)C(=O)Nc1ccc(Cl)cc1Cl. The lowest BCUT2D eigenvalue weighted by Crippen LogP contribution is -2.22. The fourth-order valence-electron chi connectivity index (χ4n) is 2.72. The molecule has 0 heterocycles. The lowest BCUT2D eigenvalue weighted by atomic mass is 10.1. The minimum absolute atomic E-state index is 0.0912. The molecule has 3 aromatic carbocycles. The Morgan fingerprint density at radius 1 is 0.933 bits per heavy atom. The molecule has 0 spiro atoms. The van der Waals surface area contributed by atoms with Crippen molar-refractivity contribution >= 4 is 58.2 Å². The molecule has 7 heteroatoms. The highest BCUT2D eigenvalue weighted by atomic mass is 35.5. The zero-order valence-electron chi connectivity index (χ0n) is 16.2. The van der Waals surface area contributed by atoms with Gasteiger partial charge in [0.1, 0.15) is 0 Å². The van der Waals surface area contributed by atoms with Gasteiger partial charge in [0.05, 0.1) is 22.4 Å². The predicted molar refractivity (Wildman–Crippen MR) is 126 cm³/mol. The third-order valence-corrected chi connectivity index (χ3v) is 5.84. The molecule has 3 rings (SSSR count). The molecule has 0 radical (unpaired) electrons.